The van der Waals surface area contributed by atoms with Gasteiger partial charge in [-0.15, -0.1) is 11.6 Å². The first-order valence-electron chi connectivity index (χ1n) is 4.52. The summed E-state index contributed by atoms with van der Waals surface area (Å²) in [5, 5.41) is 8.61. The van der Waals surface area contributed by atoms with Crippen LogP contribution >= 0.6 is 11.6 Å². The predicted molar refractivity (Wildman–Crippen MR) is 55.9 cm³/mol. The lowest BCUT2D eigenvalue weighted by molar-refractivity contribution is -0.138. The normalized spacial score (nSPS) is 11.1. The zero-order valence-corrected chi connectivity index (χ0v) is 9.49. The number of benzene rings is 1. The highest BCUT2D eigenvalue weighted by molar-refractivity contribution is 6.30. The molecule has 0 unspecified atom stereocenters. The van der Waals surface area contributed by atoms with Crippen LogP contribution in [0, 0.1) is 18.3 Å². The number of nitrogens with zero attached hydrogens (tertiary/aromatic N) is 1. The van der Waals surface area contributed by atoms with Gasteiger partial charge >= 0.3 is 6.18 Å². The highest BCUT2D eigenvalue weighted by atomic mass is 35.5. The number of carbonyl (C=O) groups excluding carboxylic acids is 1. The molecule has 17 heavy (non-hydrogen) atoms. The van der Waals surface area contributed by atoms with Crippen LogP contribution in [0.1, 0.15) is 27.0 Å². The second kappa shape index (κ2) is 4.76. The van der Waals surface area contributed by atoms with Crippen molar-refractivity contribution in [3.63, 3.8) is 0 Å². The number of rotatable bonds is 2. The molecular formula is C11H7ClF3NO. The molecule has 0 aliphatic rings. The van der Waals surface area contributed by atoms with E-state index in [1.807, 2.05) is 0 Å². The second-order valence-electron chi connectivity index (χ2n) is 3.38. The fourth-order valence-corrected chi connectivity index (χ4v) is 1.65. The molecule has 0 atom stereocenters. The van der Waals surface area contributed by atoms with E-state index in [1.54, 1.807) is 6.07 Å². The largest absolute Gasteiger partial charge is 0.417 e. The average Bonchev–Trinajstić information content (AvgIpc) is 2.25. The van der Waals surface area contributed by atoms with Gasteiger partial charge < -0.3 is 0 Å². The third kappa shape index (κ3) is 2.77. The Morgan fingerprint density at radius 3 is 2.47 bits per heavy atom. The zero-order valence-electron chi connectivity index (χ0n) is 8.73. The molecule has 0 aliphatic carbocycles. The molecule has 0 bridgehead atoms. The fraction of sp³-hybridized carbons (Fsp3) is 0.273. The summed E-state index contributed by atoms with van der Waals surface area (Å²) in [4.78, 5) is 11.4. The summed E-state index contributed by atoms with van der Waals surface area (Å²) in [5.41, 5.74) is -1.62. The Hall–Kier alpha value is -1.54. The zero-order chi connectivity index (χ0) is 13.2. The quantitative estimate of drug-likeness (QED) is 0.605. The van der Waals surface area contributed by atoms with Crippen molar-refractivity contribution in [2.75, 3.05) is 5.88 Å². The minimum atomic E-state index is -4.69. The summed E-state index contributed by atoms with van der Waals surface area (Å²) in [5.74, 6) is -1.34. The first-order valence-corrected chi connectivity index (χ1v) is 5.05. The van der Waals surface area contributed by atoms with Crippen LogP contribution in [-0.4, -0.2) is 11.7 Å². The lowest BCUT2D eigenvalue weighted by Crippen LogP contribution is -2.16. The number of ketones is 1. The first kappa shape index (κ1) is 13.5. The van der Waals surface area contributed by atoms with E-state index in [-0.39, 0.29) is 11.1 Å². The minimum Gasteiger partial charge on any atom is -0.293 e. The van der Waals surface area contributed by atoms with Crippen LogP contribution in [0.25, 0.3) is 0 Å². The molecule has 0 aliphatic heterocycles. The molecule has 0 heterocycles. The van der Waals surface area contributed by atoms with E-state index < -0.39 is 29.0 Å². The van der Waals surface area contributed by atoms with Crippen molar-refractivity contribution in [3.8, 4) is 6.07 Å². The van der Waals surface area contributed by atoms with E-state index in [1.165, 1.54) is 13.0 Å². The summed E-state index contributed by atoms with van der Waals surface area (Å²) in [6, 6.07) is 3.51. The van der Waals surface area contributed by atoms with Gasteiger partial charge in [0.05, 0.1) is 23.1 Å². The molecule has 0 aromatic heterocycles. The van der Waals surface area contributed by atoms with Crippen LogP contribution in [0.4, 0.5) is 13.2 Å². The van der Waals surface area contributed by atoms with Crippen molar-refractivity contribution >= 4 is 17.4 Å². The number of halogens is 4. The van der Waals surface area contributed by atoms with Crippen LogP contribution in [0.2, 0.25) is 0 Å². The number of nitriles is 1. The molecule has 0 radical (unpaired) electrons. The van der Waals surface area contributed by atoms with Gasteiger partial charge in [0.2, 0.25) is 0 Å². The lowest BCUT2D eigenvalue weighted by atomic mass is 9.96. The van der Waals surface area contributed by atoms with E-state index in [0.29, 0.717) is 6.07 Å². The molecule has 0 saturated carbocycles. The number of hydrogen-bond donors (Lipinski definition) is 0. The van der Waals surface area contributed by atoms with Gasteiger partial charge in [0.25, 0.3) is 0 Å². The molecule has 1 aromatic rings. The molecule has 0 fully saturated rings. The fourth-order valence-electron chi connectivity index (χ4n) is 1.51. The van der Waals surface area contributed by atoms with Crippen LogP contribution in [0.3, 0.4) is 0 Å². The van der Waals surface area contributed by atoms with Crippen molar-refractivity contribution in [3.05, 3.63) is 34.4 Å². The maximum atomic E-state index is 12.7. The third-order valence-corrected chi connectivity index (χ3v) is 2.41. The molecule has 0 N–H and O–H groups in total. The maximum absolute atomic E-state index is 12.7. The van der Waals surface area contributed by atoms with Crippen molar-refractivity contribution < 1.29 is 18.0 Å². The second-order valence-corrected chi connectivity index (χ2v) is 3.65. The SMILES string of the molecule is Cc1cc(C#N)cc(C(F)(F)F)c1C(=O)CCl. The van der Waals surface area contributed by atoms with E-state index >= 15 is 0 Å². The van der Waals surface area contributed by atoms with E-state index in [4.69, 9.17) is 16.9 Å². The van der Waals surface area contributed by atoms with E-state index in [0.717, 1.165) is 0 Å². The van der Waals surface area contributed by atoms with Crippen LogP contribution in [-0.2, 0) is 6.18 Å². The summed E-state index contributed by atoms with van der Waals surface area (Å²) in [7, 11) is 0. The Kier molecular flexibility index (Phi) is 3.79. The predicted octanol–water partition coefficient (Wildman–Crippen LogP) is 3.31. The van der Waals surface area contributed by atoms with Gasteiger partial charge in [-0.2, -0.15) is 18.4 Å². The number of carbonyl (C=O) groups is 1. The molecule has 0 spiro atoms. The molecule has 90 valence electrons. The Labute approximate surface area is 101 Å². The van der Waals surface area contributed by atoms with Gasteiger partial charge in [-0.1, -0.05) is 0 Å². The number of aryl methyl sites for hydroxylation is 1. The van der Waals surface area contributed by atoms with Gasteiger partial charge in [-0.3, -0.25) is 4.79 Å². The first-order chi connectivity index (χ1) is 7.81. The summed E-state index contributed by atoms with van der Waals surface area (Å²) in [6.07, 6.45) is -4.69. The Bertz CT molecular complexity index is 503. The lowest BCUT2D eigenvalue weighted by Gasteiger charge is -2.14. The molecule has 0 amide bonds. The average molecular weight is 262 g/mol. The minimum absolute atomic E-state index is 0.0991. The Morgan fingerprint density at radius 1 is 1.47 bits per heavy atom. The monoisotopic (exact) mass is 261 g/mol. The Balaban J connectivity index is 3.58. The van der Waals surface area contributed by atoms with Gasteiger partial charge in [-0.05, 0) is 24.6 Å². The standard InChI is InChI=1S/C11H7ClF3NO/c1-6-2-7(5-16)3-8(11(13,14)15)10(6)9(17)4-12/h2-3H,4H2,1H3. The van der Waals surface area contributed by atoms with Crippen molar-refractivity contribution in [2.24, 2.45) is 0 Å². The van der Waals surface area contributed by atoms with Crippen LogP contribution < -0.4 is 0 Å². The van der Waals surface area contributed by atoms with E-state index in [9.17, 15) is 18.0 Å². The topological polar surface area (TPSA) is 40.9 Å². The Morgan fingerprint density at radius 2 is 2.06 bits per heavy atom. The third-order valence-electron chi connectivity index (χ3n) is 2.17. The summed E-state index contributed by atoms with van der Waals surface area (Å²) >= 11 is 5.27. The van der Waals surface area contributed by atoms with Gasteiger partial charge in [0, 0.05) is 5.56 Å². The number of alkyl halides is 4. The van der Waals surface area contributed by atoms with Crippen molar-refractivity contribution in [1.29, 1.82) is 5.26 Å². The highest BCUT2D eigenvalue weighted by Crippen LogP contribution is 2.34. The molecule has 0 saturated heterocycles. The maximum Gasteiger partial charge on any atom is 0.417 e. The van der Waals surface area contributed by atoms with Crippen LogP contribution in [0.5, 0.6) is 0 Å². The number of Topliss-reactive ketones (excluding diaryl/α,β-unsaturated/α-hetero) is 1. The van der Waals surface area contributed by atoms with Crippen molar-refractivity contribution in [1.82, 2.24) is 0 Å². The number of hydrogen-bond acceptors (Lipinski definition) is 2. The van der Waals surface area contributed by atoms with Crippen molar-refractivity contribution in [2.45, 2.75) is 13.1 Å². The van der Waals surface area contributed by atoms with Crippen LogP contribution in [0.15, 0.2) is 12.1 Å². The van der Waals surface area contributed by atoms with E-state index in [2.05, 4.69) is 0 Å². The van der Waals surface area contributed by atoms with Gasteiger partial charge in [0.1, 0.15) is 0 Å². The molecule has 1 rings (SSSR count). The summed E-state index contributed by atoms with van der Waals surface area (Å²) in [6.45, 7) is 1.34. The molecule has 6 heteroatoms. The molecular weight excluding hydrogens is 255 g/mol. The summed E-state index contributed by atoms with van der Waals surface area (Å²) < 4.78 is 38.2. The smallest absolute Gasteiger partial charge is 0.293 e. The van der Waals surface area contributed by atoms with Gasteiger partial charge in [-0.25, -0.2) is 0 Å². The highest BCUT2D eigenvalue weighted by Gasteiger charge is 2.36. The molecule has 2 nitrogen and oxygen atoms in total. The molecule has 1 aromatic carbocycles. The van der Waals surface area contributed by atoms with Gasteiger partial charge in [0.15, 0.2) is 5.78 Å².